The smallest absolute Gasteiger partial charge is 0.251 e. The number of rotatable bonds is 5. The van der Waals surface area contributed by atoms with Crippen molar-refractivity contribution in [1.29, 1.82) is 0 Å². The van der Waals surface area contributed by atoms with Gasteiger partial charge < -0.3 is 10.6 Å². The fourth-order valence-corrected chi connectivity index (χ4v) is 4.06. The molecule has 2 aliphatic rings. The highest BCUT2D eigenvalue weighted by Gasteiger charge is 2.28. The highest BCUT2D eigenvalue weighted by molar-refractivity contribution is 7.89. The zero-order valence-corrected chi connectivity index (χ0v) is 14.1. The van der Waals surface area contributed by atoms with E-state index in [9.17, 15) is 13.2 Å². The molecule has 1 aromatic carbocycles. The van der Waals surface area contributed by atoms with E-state index in [2.05, 4.69) is 15.4 Å². The van der Waals surface area contributed by atoms with Crippen LogP contribution in [0.5, 0.6) is 0 Å². The summed E-state index contributed by atoms with van der Waals surface area (Å²) in [7, 11) is -3.54. The van der Waals surface area contributed by atoms with Gasteiger partial charge in [0.05, 0.1) is 4.90 Å². The molecule has 1 aromatic rings. The Morgan fingerprint density at radius 1 is 1.13 bits per heavy atom. The van der Waals surface area contributed by atoms with Crippen molar-refractivity contribution in [2.24, 2.45) is 0 Å². The van der Waals surface area contributed by atoms with Gasteiger partial charge in [-0.25, -0.2) is 13.1 Å². The van der Waals surface area contributed by atoms with Crippen LogP contribution in [-0.2, 0) is 10.0 Å². The van der Waals surface area contributed by atoms with E-state index in [4.69, 9.17) is 0 Å². The number of hydrogen-bond acceptors (Lipinski definition) is 4. The van der Waals surface area contributed by atoms with Crippen LogP contribution in [0.3, 0.4) is 0 Å². The summed E-state index contributed by atoms with van der Waals surface area (Å²) >= 11 is 0. The third-order valence-corrected chi connectivity index (χ3v) is 5.86. The monoisotopic (exact) mass is 337 g/mol. The molecular formula is C16H23N3O3S. The third kappa shape index (κ3) is 4.10. The standard InChI is InChI=1S/C16H23N3O3S/c1-11-2-5-14(23(21,22)19-13-3-4-13)10-15(11)16(20)18-12-6-8-17-9-7-12/h2,5,10,12-13,17,19H,3-4,6-9H2,1H3,(H,18,20). The van der Waals surface area contributed by atoms with E-state index in [1.54, 1.807) is 12.1 Å². The van der Waals surface area contributed by atoms with Crippen molar-refractivity contribution < 1.29 is 13.2 Å². The predicted octanol–water partition coefficient (Wildman–Crippen LogP) is 0.918. The van der Waals surface area contributed by atoms with Crippen molar-refractivity contribution >= 4 is 15.9 Å². The van der Waals surface area contributed by atoms with Crippen LogP contribution in [0.1, 0.15) is 41.6 Å². The molecule has 7 heteroatoms. The molecule has 0 radical (unpaired) electrons. The van der Waals surface area contributed by atoms with Crippen LogP contribution in [-0.4, -0.2) is 39.5 Å². The van der Waals surface area contributed by atoms with Crippen molar-refractivity contribution in [2.45, 2.75) is 49.6 Å². The Hall–Kier alpha value is -1.44. The maximum absolute atomic E-state index is 12.5. The van der Waals surface area contributed by atoms with Crippen LogP contribution in [0.25, 0.3) is 0 Å². The van der Waals surface area contributed by atoms with Crippen molar-refractivity contribution in [2.75, 3.05) is 13.1 Å². The Morgan fingerprint density at radius 2 is 1.83 bits per heavy atom. The normalized spacial score (nSPS) is 19.5. The number of carbonyl (C=O) groups is 1. The lowest BCUT2D eigenvalue weighted by molar-refractivity contribution is 0.0928. The van der Waals surface area contributed by atoms with E-state index < -0.39 is 10.0 Å². The van der Waals surface area contributed by atoms with Gasteiger partial charge in [-0.1, -0.05) is 6.07 Å². The van der Waals surface area contributed by atoms with E-state index in [1.165, 1.54) is 6.07 Å². The van der Waals surface area contributed by atoms with Crippen molar-refractivity contribution in [3.8, 4) is 0 Å². The molecule has 1 heterocycles. The molecule has 1 saturated heterocycles. The van der Waals surface area contributed by atoms with Gasteiger partial charge in [-0.2, -0.15) is 0 Å². The molecule has 1 amide bonds. The zero-order valence-electron chi connectivity index (χ0n) is 13.3. The van der Waals surface area contributed by atoms with Gasteiger partial charge in [0.25, 0.3) is 5.91 Å². The fraction of sp³-hybridized carbons (Fsp3) is 0.562. The fourth-order valence-electron chi connectivity index (χ4n) is 2.73. The molecule has 0 atom stereocenters. The Morgan fingerprint density at radius 3 is 2.48 bits per heavy atom. The van der Waals surface area contributed by atoms with Gasteiger partial charge in [0.15, 0.2) is 0 Å². The maximum Gasteiger partial charge on any atom is 0.251 e. The van der Waals surface area contributed by atoms with Gasteiger partial charge in [-0.15, -0.1) is 0 Å². The van der Waals surface area contributed by atoms with Gasteiger partial charge in [-0.05, 0) is 63.4 Å². The lowest BCUT2D eigenvalue weighted by Gasteiger charge is -2.24. The first-order valence-electron chi connectivity index (χ1n) is 8.10. The molecule has 0 unspecified atom stereocenters. The summed E-state index contributed by atoms with van der Waals surface area (Å²) < 4.78 is 27.3. The number of nitrogens with one attached hydrogen (secondary N) is 3. The van der Waals surface area contributed by atoms with Crippen LogP contribution in [0.4, 0.5) is 0 Å². The first-order valence-corrected chi connectivity index (χ1v) is 9.58. The predicted molar refractivity (Wildman–Crippen MR) is 87.9 cm³/mol. The van der Waals surface area contributed by atoms with E-state index in [-0.39, 0.29) is 22.9 Å². The highest BCUT2D eigenvalue weighted by atomic mass is 32.2. The average molecular weight is 337 g/mol. The van der Waals surface area contributed by atoms with E-state index in [0.717, 1.165) is 44.3 Å². The summed E-state index contributed by atoms with van der Waals surface area (Å²) in [4.78, 5) is 12.7. The molecule has 0 spiro atoms. The summed E-state index contributed by atoms with van der Waals surface area (Å²) in [6.07, 6.45) is 3.56. The van der Waals surface area contributed by atoms with Crippen molar-refractivity contribution in [1.82, 2.24) is 15.4 Å². The Bertz CT molecular complexity index is 693. The molecule has 126 valence electrons. The van der Waals surface area contributed by atoms with Gasteiger partial charge in [-0.3, -0.25) is 4.79 Å². The first kappa shape index (κ1) is 16.4. The molecule has 0 aromatic heterocycles. The molecular weight excluding hydrogens is 314 g/mol. The minimum absolute atomic E-state index is 0.0494. The molecule has 6 nitrogen and oxygen atoms in total. The Labute approximate surface area is 137 Å². The summed E-state index contributed by atoms with van der Waals surface area (Å²) in [5.74, 6) is -0.196. The molecule has 1 saturated carbocycles. The third-order valence-electron chi connectivity index (χ3n) is 4.34. The summed E-state index contributed by atoms with van der Waals surface area (Å²) in [5.41, 5.74) is 1.21. The Kier molecular flexibility index (Phi) is 4.70. The van der Waals surface area contributed by atoms with Gasteiger partial charge in [0.2, 0.25) is 10.0 Å². The zero-order chi connectivity index (χ0) is 16.4. The number of sulfonamides is 1. The van der Waals surface area contributed by atoms with E-state index >= 15 is 0 Å². The summed E-state index contributed by atoms with van der Waals surface area (Å²) in [5, 5.41) is 6.27. The maximum atomic E-state index is 12.5. The number of aryl methyl sites for hydroxylation is 1. The number of carbonyl (C=O) groups excluding carboxylic acids is 1. The van der Waals surface area contributed by atoms with Gasteiger partial charge >= 0.3 is 0 Å². The molecule has 1 aliphatic carbocycles. The summed E-state index contributed by atoms with van der Waals surface area (Å²) in [6, 6.07) is 4.93. The van der Waals surface area contributed by atoms with Gasteiger partial charge in [0.1, 0.15) is 0 Å². The molecule has 1 aliphatic heterocycles. The second kappa shape index (κ2) is 6.59. The van der Waals surface area contributed by atoms with Crippen LogP contribution in [0, 0.1) is 6.92 Å². The molecule has 3 N–H and O–H groups in total. The first-order chi connectivity index (χ1) is 11.0. The number of amides is 1. The topological polar surface area (TPSA) is 87.3 Å². The molecule has 0 bridgehead atoms. The number of benzene rings is 1. The largest absolute Gasteiger partial charge is 0.349 e. The van der Waals surface area contributed by atoms with Gasteiger partial charge in [0, 0.05) is 17.6 Å². The molecule has 23 heavy (non-hydrogen) atoms. The second-order valence-electron chi connectivity index (χ2n) is 6.37. The Balaban J connectivity index is 1.77. The summed E-state index contributed by atoms with van der Waals surface area (Å²) in [6.45, 7) is 3.61. The molecule has 2 fully saturated rings. The lowest BCUT2D eigenvalue weighted by Crippen LogP contribution is -2.42. The second-order valence-corrected chi connectivity index (χ2v) is 8.08. The number of piperidine rings is 1. The SMILES string of the molecule is Cc1ccc(S(=O)(=O)NC2CC2)cc1C(=O)NC1CCNCC1. The van der Waals surface area contributed by atoms with Crippen LogP contribution in [0.2, 0.25) is 0 Å². The number of hydrogen-bond donors (Lipinski definition) is 3. The van der Waals surface area contributed by atoms with E-state index in [1.807, 2.05) is 6.92 Å². The van der Waals surface area contributed by atoms with Crippen LogP contribution < -0.4 is 15.4 Å². The van der Waals surface area contributed by atoms with E-state index in [0.29, 0.717) is 5.56 Å². The van der Waals surface area contributed by atoms with Crippen LogP contribution in [0.15, 0.2) is 23.1 Å². The quantitative estimate of drug-likeness (QED) is 0.745. The minimum Gasteiger partial charge on any atom is -0.349 e. The van der Waals surface area contributed by atoms with Crippen molar-refractivity contribution in [3.63, 3.8) is 0 Å². The minimum atomic E-state index is -3.54. The average Bonchev–Trinajstić information content (AvgIpc) is 3.31. The lowest BCUT2D eigenvalue weighted by atomic mass is 10.0. The highest BCUT2D eigenvalue weighted by Crippen LogP contribution is 2.23. The van der Waals surface area contributed by atoms with Crippen LogP contribution >= 0.6 is 0 Å². The molecule has 3 rings (SSSR count). The van der Waals surface area contributed by atoms with Crippen molar-refractivity contribution in [3.05, 3.63) is 29.3 Å².